The molecule has 0 radical (unpaired) electrons. The number of aromatic carboxylic acids is 1. The molecule has 1 amide bonds. The van der Waals surface area contributed by atoms with Gasteiger partial charge in [-0.15, -0.1) is 0 Å². The van der Waals surface area contributed by atoms with Crippen LogP contribution in [-0.4, -0.2) is 23.8 Å². The molecule has 0 aliphatic heterocycles. The molecule has 1 aliphatic carbocycles. The second-order valence-electron chi connectivity index (χ2n) is 6.57. The van der Waals surface area contributed by atoms with Crippen LogP contribution in [-0.2, 0) is 4.74 Å². The zero-order valence-electron chi connectivity index (χ0n) is 15.0. The van der Waals surface area contributed by atoms with Crippen LogP contribution in [0.2, 0.25) is 5.02 Å². The van der Waals surface area contributed by atoms with E-state index < -0.39 is 12.1 Å². The molecule has 0 saturated heterocycles. The number of nitrogens with one attached hydrogen (secondary N) is 1. The molecule has 0 bridgehead atoms. The molecule has 29 heavy (non-hydrogen) atoms. The Kier molecular flexibility index (Phi) is 5.30. The number of carbonyl (C=O) groups excluding carboxylic acids is 1. The Morgan fingerprint density at radius 2 is 1.62 bits per heavy atom. The molecule has 4 rings (SSSR count). The standard InChI is InChI=1S/C22H15BrClNO4/c23-18-10-19(24)20(9-16(18)21(26)27)25-22(28)29-11-17-14-7-3-1-5-12(14)13-6-2-4-8-15(13)17/h1-10,17H,11H2,(H,25,28)(H,26,27). The molecule has 0 aromatic heterocycles. The highest BCUT2D eigenvalue weighted by molar-refractivity contribution is 9.10. The van der Waals surface area contributed by atoms with Gasteiger partial charge in [0.05, 0.1) is 16.3 Å². The van der Waals surface area contributed by atoms with Crippen molar-refractivity contribution in [3.63, 3.8) is 0 Å². The van der Waals surface area contributed by atoms with Gasteiger partial charge < -0.3 is 9.84 Å². The fourth-order valence-electron chi connectivity index (χ4n) is 3.55. The van der Waals surface area contributed by atoms with Gasteiger partial charge in [-0.25, -0.2) is 9.59 Å². The lowest BCUT2D eigenvalue weighted by Gasteiger charge is -2.15. The van der Waals surface area contributed by atoms with Gasteiger partial charge in [-0.3, -0.25) is 5.32 Å². The molecular formula is C22H15BrClNO4. The number of halogens is 2. The van der Waals surface area contributed by atoms with Crippen LogP contribution in [0, 0.1) is 0 Å². The molecule has 2 N–H and O–H groups in total. The number of anilines is 1. The van der Waals surface area contributed by atoms with E-state index in [-0.39, 0.29) is 28.8 Å². The number of rotatable bonds is 4. The van der Waals surface area contributed by atoms with Crippen LogP contribution in [0.15, 0.2) is 65.1 Å². The first-order valence-electron chi connectivity index (χ1n) is 8.80. The predicted octanol–water partition coefficient (Wildman–Crippen LogP) is 6.16. The van der Waals surface area contributed by atoms with Gasteiger partial charge in [0, 0.05) is 10.4 Å². The van der Waals surface area contributed by atoms with Gasteiger partial charge in [0.2, 0.25) is 0 Å². The van der Waals surface area contributed by atoms with Crippen LogP contribution in [0.1, 0.15) is 27.4 Å². The lowest BCUT2D eigenvalue weighted by atomic mass is 9.98. The van der Waals surface area contributed by atoms with Crippen molar-refractivity contribution in [3.8, 4) is 11.1 Å². The molecule has 0 atom stereocenters. The van der Waals surface area contributed by atoms with E-state index in [2.05, 4.69) is 33.4 Å². The summed E-state index contributed by atoms with van der Waals surface area (Å²) in [6, 6.07) is 18.8. The molecule has 0 fully saturated rings. The summed E-state index contributed by atoms with van der Waals surface area (Å²) in [5, 5.41) is 12.0. The molecule has 0 unspecified atom stereocenters. The van der Waals surface area contributed by atoms with Crippen molar-refractivity contribution in [3.05, 3.63) is 86.8 Å². The molecule has 0 saturated carbocycles. The third-order valence-corrected chi connectivity index (χ3v) is 5.84. The second-order valence-corrected chi connectivity index (χ2v) is 7.83. The predicted molar refractivity (Wildman–Crippen MR) is 115 cm³/mol. The van der Waals surface area contributed by atoms with E-state index in [1.165, 1.54) is 12.1 Å². The maximum Gasteiger partial charge on any atom is 0.411 e. The van der Waals surface area contributed by atoms with Crippen LogP contribution in [0.3, 0.4) is 0 Å². The van der Waals surface area contributed by atoms with Crippen molar-refractivity contribution in [2.75, 3.05) is 11.9 Å². The van der Waals surface area contributed by atoms with E-state index in [4.69, 9.17) is 16.3 Å². The van der Waals surface area contributed by atoms with E-state index in [1.54, 1.807) is 0 Å². The lowest BCUT2D eigenvalue weighted by Crippen LogP contribution is -2.18. The number of hydrogen-bond donors (Lipinski definition) is 2. The van der Waals surface area contributed by atoms with Crippen LogP contribution >= 0.6 is 27.5 Å². The number of hydrogen-bond acceptors (Lipinski definition) is 3. The molecule has 5 nitrogen and oxygen atoms in total. The van der Waals surface area contributed by atoms with Crippen molar-refractivity contribution in [2.45, 2.75) is 5.92 Å². The van der Waals surface area contributed by atoms with Gasteiger partial charge in [0.25, 0.3) is 0 Å². The Balaban J connectivity index is 1.51. The van der Waals surface area contributed by atoms with Crippen molar-refractivity contribution in [1.82, 2.24) is 0 Å². The van der Waals surface area contributed by atoms with Crippen molar-refractivity contribution in [1.29, 1.82) is 0 Å². The first-order chi connectivity index (χ1) is 14.0. The number of ether oxygens (including phenoxy) is 1. The highest BCUT2D eigenvalue weighted by Crippen LogP contribution is 2.44. The van der Waals surface area contributed by atoms with Gasteiger partial charge in [0.15, 0.2) is 0 Å². The summed E-state index contributed by atoms with van der Waals surface area (Å²) in [4.78, 5) is 23.6. The lowest BCUT2D eigenvalue weighted by molar-refractivity contribution is 0.0695. The van der Waals surface area contributed by atoms with Crippen LogP contribution < -0.4 is 5.32 Å². The first-order valence-corrected chi connectivity index (χ1v) is 9.97. The summed E-state index contributed by atoms with van der Waals surface area (Å²) in [5.74, 6) is -1.20. The third-order valence-electron chi connectivity index (χ3n) is 4.87. The van der Waals surface area contributed by atoms with E-state index in [1.807, 2.05) is 36.4 Å². The van der Waals surface area contributed by atoms with Crippen molar-refractivity contribution >= 4 is 45.3 Å². The number of carboxylic acid groups (broad SMARTS) is 1. The molecular weight excluding hydrogens is 458 g/mol. The molecule has 0 heterocycles. The highest BCUT2D eigenvalue weighted by atomic mass is 79.9. The molecule has 7 heteroatoms. The highest BCUT2D eigenvalue weighted by Gasteiger charge is 2.29. The van der Waals surface area contributed by atoms with Crippen LogP contribution in [0.4, 0.5) is 10.5 Å². The molecule has 3 aromatic carbocycles. The maximum absolute atomic E-state index is 12.4. The molecule has 0 spiro atoms. The Hall–Kier alpha value is -2.83. The first kappa shape index (κ1) is 19.5. The number of fused-ring (bicyclic) bond motifs is 3. The minimum atomic E-state index is -1.14. The molecule has 1 aliphatic rings. The third kappa shape index (κ3) is 3.73. The fraction of sp³-hybridized carbons (Fsp3) is 0.0909. The van der Waals surface area contributed by atoms with E-state index in [9.17, 15) is 14.7 Å². The fourth-order valence-corrected chi connectivity index (χ4v) is 4.41. The summed E-state index contributed by atoms with van der Waals surface area (Å²) in [6.45, 7) is 0.153. The monoisotopic (exact) mass is 471 g/mol. The average molecular weight is 473 g/mol. The maximum atomic E-state index is 12.4. The number of carboxylic acids is 1. The van der Waals surface area contributed by atoms with Crippen molar-refractivity contribution < 1.29 is 19.4 Å². The van der Waals surface area contributed by atoms with Gasteiger partial charge in [-0.2, -0.15) is 0 Å². The largest absolute Gasteiger partial charge is 0.478 e. The van der Waals surface area contributed by atoms with Crippen LogP contribution in [0.5, 0.6) is 0 Å². The second kappa shape index (κ2) is 7.89. The smallest absolute Gasteiger partial charge is 0.411 e. The average Bonchev–Trinajstić information content (AvgIpc) is 3.02. The van der Waals surface area contributed by atoms with E-state index in [0.29, 0.717) is 4.47 Å². The number of amides is 1. The van der Waals surface area contributed by atoms with Gasteiger partial charge in [-0.1, -0.05) is 60.1 Å². The van der Waals surface area contributed by atoms with Gasteiger partial charge in [-0.05, 0) is 50.3 Å². The Morgan fingerprint density at radius 3 is 2.21 bits per heavy atom. The summed E-state index contributed by atoms with van der Waals surface area (Å²) in [5.41, 5.74) is 4.65. The van der Waals surface area contributed by atoms with E-state index in [0.717, 1.165) is 22.3 Å². The zero-order chi connectivity index (χ0) is 20.5. The molecule has 146 valence electrons. The number of carbonyl (C=O) groups is 2. The summed E-state index contributed by atoms with van der Waals surface area (Å²) in [6.07, 6.45) is -0.701. The zero-order valence-corrected chi connectivity index (χ0v) is 17.3. The number of benzene rings is 3. The summed E-state index contributed by atoms with van der Waals surface area (Å²) < 4.78 is 5.79. The van der Waals surface area contributed by atoms with Gasteiger partial charge >= 0.3 is 12.1 Å². The van der Waals surface area contributed by atoms with Gasteiger partial charge in [0.1, 0.15) is 6.61 Å². The summed E-state index contributed by atoms with van der Waals surface area (Å²) >= 11 is 9.26. The minimum Gasteiger partial charge on any atom is -0.478 e. The SMILES string of the molecule is O=C(Nc1cc(C(=O)O)c(Br)cc1Cl)OCC1c2ccccc2-c2ccccc21. The van der Waals surface area contributed by atoms with Crippen LogP contribution in [0.25, 0.3) is 11.1 Å². The Labute approximate surface area is 180 Å². The normalized spacial score (nSPS) is 12.2. The Morgan fingerprint density at radius 1 is 1.03 bits per heavy atom. The quantitative estimate of drug-likeness (QED) is 0.477. The minimum absolute atomic E-state index is 0.0108. The van der Waals surface area contributed by atoms with E-state index >= 15 is 0 Å². The summed E-state index contributed by atoms with van der Waals surface area (Å²) in [7, 11) is 0. The topological polar surface area (TPSA) is 75.6 Å². The molecule has 3 aromatic rings. The van der Waals surface area contributed by atoms with Crippen molar-refractivity contribution in [2.24, 2.45) is 0 Å². The Bertz CT molecular complexity index is 1090.